The lowest BCUT2D eigenvalue weighted by molar-refractivity contribution is 1.02. The topological polar surface area (TPSA) is 51.6 Å². The third-order valence-corrected chi connectivity index (χ3v) is 12.9. The van der Waals surface area contributed by atoms with Gasteiger partial charge >= 0.3 is 0 Å². The standard InChI is InChI=1S/2C35H26N2/c1-5-13-28(14-6-1)32-22-26(23-33(36-32)29-15-7-2-8-16-29)21-27-24-34(30-17-9-3-10-18-30)37-35(25-27)31-19-11-4-12-20-31;1-5-13-26(14-6-1)30-21-32(36-34(23-30)28-17-9-3-10-18-28)25-33-22-31(27-15-7-2-8-16-27)24-35(37-33)29-19-11-4-12-20-29/h1-20,22-25H,21H2;1-24H,25H2. The van der Waals surface area contributed by atoms with Gasteiger partial charge in [0.2, 0.25) is 0 Å². The Balaban J connectivity index is 0.000000159. The van der Waals surface area contributed by atoms with Crippen molar-refractivity contribution in [2.45, 2.75) is 12.8 Å². The number of aromatic nitrogens is 4. The molecule has 0 saturated heterocycles. The van der Waals surface area contributed by atoms with Crippen LogP contribution in [0.5, 0.6) is 0 Å². The zero-order chi connectivity index (χ0) is 49.7. The summed E-state index contributed by atoms with van der Waals surface area (Å²) in [5.41, 5.74) is 21.7. The molecule has 0 atom stereocenters. The molecule has 0 fully saturated rings. The minimum atomic E-state index is 0.640. The molecule has 4 aromatic heterocycles. The van der Waals surface area contributed by atoms with E-state index in [4.69, 9.17) is 19.9 Å². The fraction of sp³-hybridized carbons (Fsp3) is 0.0286. The third kappa shape index (κ3) is 11.6. The molecule has 4 nitrogen and oxygen atoms in total. The highest BCUT2D eigenvalue weighted by Gasteiger charge is 2.14. The normalized spacial score (nSPS) is 10.8. The maximum absolute atomic E-state index is 5.09. The summed E-state index contributed by atoms with van der Waals surface area (Å²) in [5, 5.41) is 0. The average molecular weight is 949 g/mol. The highest BCUT2D eigenvalue weighted by molar-refractivity contribution is 5.74. The van der Waals surface area contributed by atoms with E-state index in [1.54, 1.807) is 0 Å². The summed E-state index contributed by atoms with van der Waals surface area (Å²) in [6, 6.07) is 101. The van der Waals surface area contributed by atoms with Crippen molar-refractivity contribution < 1.29 is 0 Å². The van der Waals surface area contributed by atoms with Crippen LogP contribution in [0.15, 0.2) is 291 Å². The molecule has 0 aliphatic rings. The molecule has 8 aromatic carbocycles. The summed E-state index contributed by atoms with van der Waals surface area (Å²) in [6.45, 7) is 0. The second-order valence-electron chi connectivity index (χ2n) is 18.2. The minimum absolute atomic E-state index is 0.640. The number of benzene rings is 8. The van der Waals surface area contributed by atoms with Gasteiger partial charge in [0.1, 0.15) is 0 Å². The van der Waals surface area contributed by atoms with Gasteiger partial charge in [0.05, 0.1) is 34.2 Å². The smallest absolute Gasteiger partial charge is 0.0712 e. The van der Waals surface area contributed by atoms with Crippen molar-refractivity contribution in [2.24, 2.45) is 0 Å². The second kappa shape index (κ2) is 22.6. The van der Waals surface area contributed by atoms with Gasteiger partial charge in [0, 0.05) is 51.2 Å². The first-order chi connectivity index (χ1) is 36.6. The van der Waals surface area contributed by atoms with Gasteiger partial charge in [-0.15, -0.1) is 0 Å². The van der Waals surface area contributed by atoms with E-state index in [2.05, 4.69) is 243 Å². The van der Waals surface area contributed by atoms with Crippen LogP contribution in [0.3, 0.4) is 0 Å². The number of nitrogens with zero attached hydrogens (tertiary/aromatic N) is 4. The van der Waals surface area contributed by atoms with Crippen LogP contribution in [0.1, 0.15) is 22.5 Å². The summed E-state index contributed by atoms with van der Waals surface area (Å²) in [4.78, 5) is 20.2. The molecule has 352 valence electrons. The molecule has 12 aromatic rings. The highest BCUT2D eigenvalue weighted by atomic mass is 14.8. The fourth-order valence-electron chi connectivity index (χ4n) is 9.29. The SMILES string of the molecule is c1ccc(-c2cc(Cc3cc(-c4ccccc4)cc(-c4ccccc4)n3)nc(-c3ccccc3)c2)cc1.c1ccc(-c2cc(Cc3cc(-c4ccccc4)nc(-c4ccccc4)c3)cc(-c3ccccc3)n2)cc1. The van der Waals surface area contributed by atoms with Crippen molar-refractivity contribution in [3.63, 3.8) is 0 Å². The molecule has 0 unspecified atom stereocenters. The molecule has 0 aliphatic heterocycles. The summed E-state index contributed by atoms with van der Waals surface area (Å²) in [6.07, 6.45) is 1.42. The van der Waals surface area contributed by atoms with Crippen molar-refractivity contribution in [1.29, 1.82) is 0 Å². The second-order valence-corrected chi connectivity index (χ2v) is 18.2. The monoisotopic (exact) mass is 948 g/mol. The number of rotatable bonds is 12. The highest BCUT2D eigenvalue weighted by Crippen LogP contribution is 2.32. The van der Waals surface area contributed by atoms with Crippen LogP contribution in [0.25, 0.3) is 89.8 Å². The summed E-state index contributed by atoms with van der Waals surface area (Å²) < 4.78 is 0. The van der Waals surface area contributed by atoms with Gasteiger partial charge in [-0.1, -0.05) is 243 Å². The summed E-state index contributed by atoms with van der Waals surface area (Å²) >= 11 is 0. The number of hydrogen-bond acceptors (Lipinski definition) is 4. The fourth-order valence-corrected chi connectivity index (χ4v) is 9.29. The van der Waals surface area contributed by atoms with Crippen molar-refractivity contribution in [2.75, 3.05) is 0 Å². The quantitative estimate of drug-likeness (QED) is 0.122. The Morgan fingerprint density at radius 3 is 0.635 bits per heavy atom. The van der Waals surface area contributed by atoms with E-state index in [0.29, 0.717) is 6.42 Å². The molecule has 0 spiro atoms. The van der Waals surface area contributed by atoms with Gasteiger partial charge in [-0.25, -0.2) is 9.97 Å². The van der Waals surface area contributed by atoms with E-state index in [0.717, 1.165) is 96.5 Å². The first-order valence-electron chi connectivity index (χ1n) is 25.1. The molecular formula is C70H52N4. The Bertz CT molecular complexity index is 2990. The predicted molar refractivity (Wildman–Crippen MR) is 306 cm³/mol. The molecule has 0 N–H and O–H groups in total. The zero-order valence-corrected chi connectivity index (χ0v) is 40.9. The van der Waals surface area contributed by atoms with Gasteiger partial charge in [-0.3, -0.25) is 9.97 Å². The molecule has 0 amide bonds. The summed E-state index contributed by atoms with van der Waals surface area (Å²) in [7, 11) is 0. The maximum Gasteiger partial charge on any atom is 0.0712 e. The Hall–Kier alpha value is -9.64. The van der Waals surface area contributed by atoms with Gasteiger partial charge < -0.3 is 0 Å². The maximum atomic E-state index is 5.09. The van der Waals surface area contributed by atoms with Crippen LogP contribution in [-0.4, -0.2) is 19.9 Å². The average Bonchev–Trinajstić information content (AvgIpc) is 3.49. The molecule has 4 heterocycles. The van der Waals surface area contributed by atoms with Gasteiger partial charge in [-0.05, 0) is 88.3 Å². The van der Waals surface area contributed by atoms with Gasteiger partial charge in [0.15, 0.2) is 0 Å². The Labute approximate surface area is 434 Å². The molecule has 12 rings (SSSR count). The third-order valence-electron chi connectivity index (χ3n) is 12.9. The molecule has 0 bridgehead atoms. The van der Waals surface area contributed by atoms with E-state index < -0.39 is 0 Å². The van der Waals surface area contributed by atoms with Crippen molar-refractivity contribution >= 4 is 0 Å². The van der Waals surface area contributed by atoms with Crippen LogP contribution in [0.4, 0.5) is 0 Å². The van der Waals surface area contributed by atoms with E-state index in [9.17, 15) is 0 Å². The summed E-state index contributed by atoms with van der Waals surface area (Å²) in [5.74, 6) is 0. The largest absolute Gasteiger partial charge is 0.252 e. The van der Waals surface area contributed by atoms with E-state index >= 15 is 0 Å². The first-order valence-corrected chi connectivity index (χ1v) is 25.1. The molecule has 0 aliphatic carbocycles. The van der Waals surface area contributed by atoms with Crippen LogP contribution in [-0.2, 0) is 12.8 Å². The Morgan fingerprint density at radius 2 is 0.392 bits per heavy atom. The van der Waals surface area contributed by atoms with Gasteiger partial charge in [-0.2, -0.15) is 0 Å². The van der Waals surface area contributed by atoms with Crippen LogP contribution in [0, 0.1) is 0 Å². The molecule has 0 radical (unpaired) electrons. The van der Waals surface area contributed by atoms with Crippen LogP contribution in [0.2, 0.25) is 0 Å². The van der Waals surface area contributed by atoms with Crippen LogP contribution >= 0.6 is 0 Å². The van der Waals surface area contributed by atoms with E-state index in [1.807, 2.05) is 48.5 Å². The zero-order valence-electron chi connectivity index (χ0n) is 40.9. The van der Waals surface area contributed by atoms with Crippen molar-refractivity contribution in [1.82, 2.24) is 19.9 Å². The predicted octanol–water partition coefficient (Wildman–Crippen LogP) is 17.5. The van der Waals surface area contributed by atoms with E-state index in [-0.39, 0.29) is 0 Å². The number of pyridine rings is 4. The molecule has 74 heavy (non-hydrogen) atoms. The van der Waals surface area contributed by atoms with Crippen molar-refractivity contribution in [3.8, 4) is 89.8 Å². The van der Waals surface area contributed by atoms with Crippen molar-refractivity contribution in [3.05, 3.63) is 314 Å². The lowest BCUT2D eigenvalue weighted by Gasteiger charge is -2.13. The Kier molecular flexibility index (Phi) is 14.3. The van der Waals surface area contributed by atoms with E-state index in [1.165, 1.54) is 22.3 Å². The first kappa shape index (κ1) is 46.7. The molecule has 0 saturated carbocycles. The lowest BCUT2D eigenvalue weighted by atomic mass is 9.97. The molecular weight excluding hydrogens is 897 g/mol. The molecule has 4 heteroatoms. The van der Waals surface area contributed by atoms with Crippen LogP contribution < -0.4 is 0 Å². The lowest BCUT2D eigenvalue weighted by Crippen LogP contribution is -2.00. The van der Waals surface area contributed by atoms with Gasteiger partial charge in [0.25, 0.3) is 0 Å². The Morgan fingerprint density at radius 1 is 0.176 bits per heavy atom. The number of hydrogen-bond donors (Lipinski definition) is 0. The minimum Gasteiger partial charge on any atom is -0.252 e.